The fourth-order valence-corrected chi connectivity index (χ4v) is 5.42. The highest BCUT2D eigenvalue weighted by atomic mass is 35.5. The molecule has 1 aliphatic heterocycles. The Labute approximate surface area is 201 Å². The Hall–Kier alpha value is -1.42. The first-order valence-electron chi connectivity index (χ1n) is 11.5. The van der Waals surface area contributed by atoms with Gasteiger partial charge in [-0.15, -0.1) is 24.8 Å². The fraction of sp³-hybridized carbons (Fsp3) is 0.538. The first-order valence-corrected chi connectivity index (χ1v) is 11.5. The smallest absolute Gasteiger partial charge is 0.119 e. The molecule has 1 saturated heterocycles. The van der Waals surface area contributed by atoms with Gasteiger partial charge in [0.2, 0.25) is 0 Å². The number of hydrogen-bond acceptors (Lipinski definition) is 3. The number of piperazine rings is 1. The van der Waals surface area contributed by atoms with E-state index in [1.165, 1.54) is 43.4 Å². The Morgan fingerprint density at radius 1 is 0.871 bits per heavy atom. The van der Waals surface area contributed by atoms with Crippen LogP contribution in [0.25, 0.3) is 0 Å². The van der Waals surface area contributed by atoms with Crippen LogP contribution in [0.4, 0.5) is 5.69 Å². The van der Waals surface area contributed by atoms with Gasteiger partial charge in [-0.2, -0.15) is 0 Å². The van der Waals surface area contributed by atoms with Crippen LogP contribution in [0.2, 0.25) is 0 Å². The molecule has 2 fully saturated rings. The molecule has 2 aromatic rings. The van der Waals surface area contributed by atoms with Crippen molar-refractivity contribution in [3.8, 4) is 5.75 Å². The first-order chi connectivity index (χ1) is 14.2. The molecule has 4 rings (SSSR count). The Kier molecular flexibility index (Phi) is 9.99. The van der Waals surface area contributed by atoms with Crippen molar-refractivity contribution in [3.63, 3.8) is 0 Å². The molecule has 31 heavy (non-hydrogen) atoms. The highest BCUT2D eigenvalue weighted by Crippen LogP contribution is 2.46. The van der Waals surface area contributed by atoms with Crippen molar-refractivity contribution in [3.05, 3.63) is 60.2 Å². The van der Waals surface area contributed by atoms with E-state index in [0.717, 1.165) is 44.5 Å². The van der Waals surface area contributed by atoms with Crippen molar-refractivity contribution in [1.29, 1.82) is 0 Å². The SMILES string of the molecule is CCOc1cccc(C2(N3CCN(c4ccccc4)CC3)CCC(CC)CC2)c1.Cl.Cl. The maximum Gasteiger partial charge on any atom is 0.119 e. The predicted octanol–water partition coefficient (Wildman–Crippen LogP) is 6.55. The van der Waals surface area contributed by atoms with Crippen LogP contribution in [-0.4, -0.2) is 37.7 Å². The molecule has 0 radical (unpaired) electrons. The molecule has 1 aliphatic carbocycles. The molecule has 2 aliphatic rings. The van der Waals surface area contributed by atoms with Crippen LogP contribution < -0.4 is 9.64 Å². The summed E-state index contributed by atoms with van der Waals surface area (Å²) in [6, 6.07) is 19.8. The normalized spacial score (nSPS) is 24.1. The van der Waals surface area contributed by atoms with Gasteiger partial charge in [0.25, 0.3) is 0 Å². The molecule has 1 heterocycles. The number of hydrogen-bond donors (Lipinski definition) is 0. The van der Waals surface area contributed by atoms with Gasteiger partial charge in [0.1, 0.15) is 5.75 Å². The van der Waals surface area contributed by atoms with Crippen LogP contribution in [0.5, 0.6) is 5.75 Å². The standard InChI is InChI=1S/C26H36N2O.2ClH/c1-3-22-13-15-26(16-14-22,23-9-8-12-25(21-23)29-4-2)28-19-17-27(18-20-28)24-10-6-5-7-11-24;;/h5-12,21-22H,3-4,13-20H2,1-2H3;2*1H. The largest absolute Gasteiger partial charge is 0.494 e. The molecule has 0 N–H and O–H groups in total. The maximum absolute atomic E-state index is 5.86. The number of anilines is 1. The van der Waals surface area contributed by atoms with Crippen molar-refractivity contribution in [2.45, 2.75) is 51.5 Å². The van der Waals surface area contributed by atoms with E-state index < -0.39 is 0 Å². The molecule has 5 heteroatoms. The summed E-state index contributed by atoms with van der Waals surface area (Å²) < 4.78 is 5.86. The molecule has 172 valence electrons. The lowest BCUT2D eigenvalue weighted by atomic mass is 9.70. The van der Waals surface area contributed by atoms with Crippen molar-refractivity contribution in [2.24, 2.45) is 5.92 Å². The maximum atomic E-state index is 5.86. The summed E-state index contributed by atoms with van der Waals surface area (Å²) in [7, 11) is 0. The number of para-hydroxylation sites is 1. The third-order valence-electron chi connectivity index (χ3n) is 7.20. The van der Waals surface area contributed by atoms with E-state index in [2.05, 4.69) is 78.2 Å². The van der Waals surface area contributed by atoms with E-state index in [1.54, 1.807) is 0 Å². The minimum Gasteiger partial charge on any atom is -0.494 e. The van der Waals surface area contributed by atoms with Gasteiger partial charge >= 0.3 is 0 Å². The van der Waals surface area contributed by atoms with E-state index in [9.17, 15) is 0 Å². The van der Waals surface area contributed by atoms with E-state index >= 15 is 0 Å². The number of ether oxygens (including phenoxy) is 1. The van der Waals surface area contributed by atoms with Crippen molar-refractivity contribution in [1.82, 2.24) is 4.90 Å². The summed E-state index contributed by atoms with van der Waals surface area (Å²) in [5, 5.41) is 0. The molecule has 0 amide bonds. The minimum absolute atomic E-state index is 0. The Morgan fingerprint density at radius 3 is 2.16 bits per heavy atom. The second-order valence-corrected chi connectivity index (χ2v) is 8.65. The Morgan fingerprint density at radius 2 is 1.55 bits per heavy atom. The number of nitrogens with zero attached hydrogens (tertiary/aromatic N) is 2. The highest BCUT2D eigenvalue weighted by molar-refractivity contribution is 5.85. The van der Waals surface area contributed by atoms with Gasteiger partial charge in [-0.25, -0.2) is 0 Å². The monoisotopic (exact) mass is 464 g/mol. The van der Waals surface area contributed by atoms with Gasteiger partial charge < -0.3 is 9.64 Å². The van der Waals surface area contributed by atoms with Crippen LogP contribution in [-0.2, 0) is 5.54 Å². The second kappa shape index (κ2) is 12.0. The third-order valence-corrected chi connectivity index (χ3v) is 7.20. The molecule has 0 atom stereocenters. The van der Waals surface area contributed by atoms with Crippen LogP contribution in [0.15, 0.2) is 54.6 Å². The molecule has 1 saturated carbocycles. The molecular formula is C26H38Cl2N2O. The number of halogens is 2. The van der Waals surface area contributed by atoms with Gasteiger partial charge in [0.15, 0.2) is 0 Å². The molecular weight excluding hydrogens is 427 g/mol. The second-order valence-electron chi connectivity index (χ2n) is 8.65. The summed E-state index contributed by atoms with van der Waals surface area (Å²) in [6.45, 7) is 9.62. The first kappa shape index (κ1) is 25.8. The fourth-order valence-electron chi connectivity index (χ4n) is 5.42. The van der Waals surface area contributed by atoms with Crippen molar-refractivity contribution < 1.29 is 4.74 Å². The zero-order valence-corrected chi connectivity index (χ0v) is 20.6. The number of benzene rings is 2. The number of rotatable bonds is 6. The van der Waals surface area contributed by atoms with Gasteiger partial charge in [-0.05, 0) is 68.4 Å². The van der Waals surface area contributed by atoms with Crippen molar-refractivity contribution >= 4 is 30.5 Å². The topological polar surface area (TPSA) is 15.7 Å². The van der Waals surface area contributed by atoms with E-state index in [0.29, 0.717) is 0 Å². The predicted molar refractivity (Wildman–Crippen MR) is 136 cm³/mol. The Balaban J connectivity index is 0.00000171. The lowest BCUT2D eigenvalue weighted by Gasteiger charge is -2.51. The molecule has 3 nitrogen and oxygen atoms in total. The molecule has 2 aromatic carbocycles. The molecule has 0 unspecified atom stereocenters. The highest BCUT2D eigenvalue weighted by Gasteiger charge is 2.42. The molecule has 0 aromatic heterocycles. The summed E-state index contributed by atoms with van der Waals surface area (Å²) in [5.41, 5.74) is 2.99. The lowest BCUT2D eigenvalue weighted by Crippen LogP contribution is -2.56. The van der Waals surface area contributed by atoms with Crippen molar-refractivity contribution in [2.75, 3.05) is 37.7 Å². The molecule has 0 bridgehead atoms. The Bertz CT molecular complexity index is 770. The van der Waals surface area contributed by atoms with Gasteiger partial charge in [-0.1, -0.05) is 43.7 Å². The third kappa shape index (κ3) is 5.69. The van der Waals surface area contributed by atoms with E-state index in [1.807, 2.05) is 0 Å². The van der Waals surface area contributed by atoms with Gasteiger partial charge in [0.05, 0.1) is 6.61 Å². The minimum atomic E-state index is 0. The zero-order chi connectivity index (χ0) is 20.1. The van der Waals surface area contributed by atoms with Gasteiger partial charge in [-0.3, -0.25) is 4.90 Å². The van der Waals surface area contributed by atoms with Gasteiger partial charge in [0, 0.05) is 37.4 Å². The van der Waals surface area contributed by atoms with Crippen LogP contribution in [0, 0.1) is 5.92 Å². The summed E-state index contributed by atoms with van der Waals surface area (Å²) >= 11 is 0. The quantitative estimate of drug-likeness (QED) is 0.481. The lowest BCUT2D eigenvalue weighted by molar-refractivity contribution is 0.0268. The van der Waals surface area contributed by atoms with E-state index in [4.69, 9.17) is 4.74 Å². The average Bonchev–Trinajstić information content (AvgIpc) is 2.80. The van der Waals surface area contributed by atoms with Crippen LogP contribution in [0.1, 0.15) is 51.5 Å². The summed E-state index contributed by atoms with van der Waals surface area (Å²) in [6.07, 6.45) is 6.54. The summed E-state index contributed by atoms with van der Waals surface area (Å²) in [5.74, 6) is 1.91. The zero-order valence-electron chi connectivity index (χ0n) is 19.0. The van der Waals surface area contributed by atoms with Crippen LogP contribution in [0.3, 0.4) is 0 Å². The summed E-state index contributed by atoms with van der Waals surface area (Å²) in [4.78, 5) is 5.34. The van der Waals surface area contributed by atoms with E-state index in [-0.39, 0.29) is 30.4 Å². The molecule has 0 spiro atoms. The van der Waals surface area contributed by atoms with Crippen LogP contribution >= 0.6 is 24.8 Å². The average molecular weight is 466 g/mol.